The van der Waals surface area contributed by atoms with Gasteiger partial charge in [-0.05, 0) is 19.5 Å². The second-order valence-corrected chi connectivity index (χ2v) is 2.91. The lowest BCUT2D eigenvalue weighted by molar-refractivity contribution is 0.0557. The molecule has 1 fully saturated rings. The molecule has 1 aliphatic heterocycles. The first-order valence-corrected chi connectivity index (χ1v) is 4.35. The number of nitrogens with one attached hydrogen (secondary N) is 1. The van der Waals surface area contributed by atoms with Crippen molar-refractivity contribution >= 4 is 0 Å². The summed E-state index contributed by atoms with van der Waals surface area (Å²) in [5.74, 6) is 0. The van der Waals surface area contributed by atoms with E-state index in [1.54, 1.807) is 7.11 Å². The molecular weight excluding hydrogens is 140 g/mol. The first-order chi connectivity index (χ1) is 5.38. The second-order valence-electron chi connectivity index (χ2n) is 2.91. The molecule has 0 aromatic carbocycles. The SMILES string of the molecule is CCN1CCCNC1COC. The molecule has 1 saturated heterocycles. The highest BCUT2D eigenvalue weighted by molar-refractivity contribution is 4.73. The van der Waals surface area contributed by atoms with Crippen molar-refractivity contribution in [1.82, 2.24) is 10.2 Å². The van der Waals surface area contributed by atoms with E-state index in [1.807, 2.05) is 0 Å². The molecule has 1 heterocycles. The van der Waals surface area contributed by atoms with Crippen LogP contribution in [0.3, 0.4) is 0 Å². The van der Waals surface area contributed by atoms with E-state index in [0.717, 1.165) is 19.7 Å². The highest BCUT2D eigenvalue weighted by Crippen LogP contribution is 2.03. The first kappa shape index (κ1) is 8.97. The number of rotatable bonds is 3. The third-order valence-electron chi connectivity index (χ3n) is 2.17. The summed E-state index contributed by atoms with van der Waals surface area (Å²) in [4.78, 5) is 2.41. The monoisotopic (exact) mass is 158 g/mol. The van der Waals surface area contributed by atoms with E-state index in [2.05, 4.69) is 17.1 Å². The third-order valence-corrected chi connectivity index (χ3v) is 2.17. The van der Waals surface area contributed by atoms with Gasteiger partial charge in [0.05, 0.1) is 12.8 Å². The van der Waals surface area contributed by atoms with E-state index in [4.69, 9.17) is 4.74 Å². The lowest BCUT2D eigenvalue weighted by atomic mass is 10.2. The maximum Gasteiger partial charge on any atom is 0.0838 e. The third kappa shape index (κ3) is 2.43. The molecule has 0 spiro atoms. The number of ether oxygens (including phenoxy) is 1. The molecule has 11 heavy (non-hydrogen) atoms. The van der Waals surface area contributed by atoms with Gasteiger partial charge >= 0.3 is 0 Å². The quantitative estimate of drug-likeness (QED) is 0.638. The number of likely N-dealkylation sites (N-methyl/N-ethyl adjacent to an activating group) is 1. The minimum Gasteiger partial charge on any atom is -0.382 e. The fourth-order valence-electron chi connectivity index (χ4n) is 1.54. The molecule has 66 valence electrons. The maximum atomic E-state index is 5.11. The predicted octanol–water partition coefficient (Wildman–Crippen LogP) is 0.274. The summed E-state index contributed by atoms with van der Waals surface area (Å²) in [5, 5.41) is 3.42. The Morgan fingerprint density at radius 1 is 1.64 bits per heavy atom. The van der Waals surface area contributed by atoms with Crippen LogP contribution in [0.5, 0.6) is 0 Å². The topological polar surface area (TPSA) is 24.5 Å². The van der Waals surface area contributed by atoms with E-state index in [-0.39, 0.29) is 0 Å². The van der Waals surface area contributed by atoms with Gasteiger partial charge in [0.25, 0.3) is 0 Å². The van der Waals surface area contributed by atoms with Crippen molar-refractivity contribution in [3.05, 3.63) is 0 Å². The molecule has 3 nitrogen and oxygen atoms in total. The van der Waals surface area contributed by atoms with Crippen LogP contribution in [-0.4, -0.2) is 44.4 Å². The lowest BCUT2D eigenvalue weighted by Gasteiger charge is -2.35. The van der Waals surface area contributed by atoms with E-state index in [0.29, 0.717) is 6.17 Å². The van der Waals surface area contributed by atoms with Crippen molar-refractivity contribution in [2.24, 2.45) is 0 Å². The molecule has 0 radical (unpaired) electrons. The molecule has 0 saturated carbocycles. The fourth-order valence-corrected chi connectivity index (χ4v) is 1.54. The summed E-state index contributed by atoms with van der Waals surface area (Å²) in [6.07, 6.45) is 1.70. The predicted molar refractivity (Wildman–Crippen MR) is 45.5 cm³/mol. The molecule has 0 amide bonds. The van der Waals surface area contributed by atoms with Crippen molar-refractivity contribution in [3.63, 3.8) is 0 Å². The summed E-state index contributed by atoms with van der Waals surface area (Å²) >= 11 is 0. The van der Waals surface area contributed by atoms with Gasteiger partial charge < -0.3 is 4.74 Å². The van der Waals surface area contributed by atoms with Gasteiger partial charge in [-0.15, -0.1) is 0 Å². The average Bonchev–Trinajstić information content (AvgIpc) is 2.06. The zero-order valence-corrected chi connectivity index (χ0v) is 7.47. The van der Waals surface area contributed by atoms with Crippen LogP contribution in [0.15, 0.2) is 0 Å². The molecule has 1 rings (SSSR count). The molecule has 0 bridgehead atoms. The Hall–Kier alpha value is -0.120. The standard InChI is InChI=1S/C8H18N2O/c1-3-10-6-4-5-9-8(10)7-11-2/h8-9H,3-7H2,1-2H3. The highest BCUT2D eigenvalue weighted by atomic mass is 16.5. The van der Waals surface area contributed by atoms with Crippen molar-refractivity contribution in [1.29, 1.82) is 0 Å². The smallest absolute Gasteiger partial charge is 0.0838 e. The minimum atomic E-state index is 0.443. The lowest BCUT2D eigenvalue weighted by Crippen LogP contribution is -2.53. The van der Waals surface area contributed by atoms with E-state index >= 15 is 0 Å². The molecule has 1 unspecified atom stereocenters. The molecule has 1 aliphatic rings. The van der Waals surface area contributed by atoms with Crippen LogP contribution in [0, 0.1) is 0 Å². The Morgan fingerprint density at radius 2 is 2.45 bits per heavy atom. The van der Waals surface area contributed by atoms with E-state index < -0.39 is 0 Å². The molecule has 0 aromatic heterocycles. The zero-order chi connectivity index (χ0) is 8.10. The summed E-state index contributed by atoms with van der Waals surface area (Å²) in [7, 11) is 1.75. The number of nitrogens with zero attached hydrogens (tertiary/aromatic N) is 1. The second kappa shape index (κ2) is 4.70. The van der Waals surface area contributed by atoms with E-state index in [1.165, 1.54) is 13.0 Å². The van der Waals surface area contributed by atoms with Crippen LogP contribution in [0.4, 0.5) is 0 Å². The summed E-state index contributed by atoms with van der Waals surface area (Å²) in [6.45, 7) is 6.44. The van der Waals surface area contributed by atoms with Crippen LogP contribution < -0.4 is 5.32 Å². The normalized spacial score (nSPS) is 27.3. The Balaban J connectivity index is 2.31. The number of methoxy groups -OCH3 is 1. The van der Waals surface area contributed by atoms with Crippen molar-refractivity contribution in [2.75, 3.05) is 33.4 Å². The van der Waals surface area contributed by atoms with Gasteiger partial charge in [0, 0.05) is 13.7 Å². The summed E-state index contributed by atoms with van der Waals surface area (Å²) in [5.41, 5.74) is 0. The van der Waals surface area contributed by atoms with Gasteiger partial charge in [-0.1, -0.05) is 6.92 Å². The van der Waals surface area contributed by atoms with Crippen LogP contribution >= 0.6 is 0 Å². The number of hydrogen-bond acceptors (Lipinski definition) is 3. The van der Waals surface area contributed by atoms with Crippen LogP contribution in [0.2, 0.25) is 0 Å². The van der Waals surface area contributed by atoms with Crippen LogP contribution in [-0.2, 0) is 4.74 Å². The molecular formula is C8H18N2O. The average molecular weight is 158 g/mol. The van der Waals surface area contributed by atoms with Crippen molar-refractivity contribution in [2.45, 2.75) is 19.5 Å². The summed E-state index contributed by atoms with van der Waals surface area (Å²) < 4.78 is 5.11. The Morgan fingerprint density at radius 3 is 3.09 bits per heavy atom. The Labute approximate surface area is 68.7 Å². The molecule has 1 N–H and O–H groups in total. The van der Waals surface area contributed by atoms with Gasteiger partial charge in [-0.3, -0.25) is 10.2 Å². The molecule has 3 heteroatoms. The van der Waals surface area contributed by atoms with Gasteiger partial charge in [-0.2, -0.15) is 0 Å². The first-order valence-electron chi connectivity index (χ1n) is 4.35. The van der Waals surface area contributed by atoms with Gasteiger partial charge in [-0.25, -0.2) is 0 Å². The van der Waals surface area contributed by atoms with Gasteiger partial charge in [0.1, 0.15) is 0 Å². The zero-order valence-electron chi connectivity index (χ0n) is 7.47. The Kier molecular flexibility index (Phi) is 3.83. The largest absolute Gasteiger partial charge is 0.382 e. The number of hydrogen-bond donors (Lipinski definition) is 1. The highest BCUT2D eigenvalue weighted by Gasteiger charge is 2.19. The fraction of sp³-hybridized carbons (Fsp3) is 1.00. The Bertz CT molecular complexity index is 106. The van der Waals surface area contributed by atoms with Crippen LogP contribution in [0.25, 0.3) is 0 Å². The minimum absolute atomic E-state index is 0.443. The molecule has 0 aliphatic carbocycles. The maximum absolute atomic E-state index is 5.11. The van der Waals surface area contributed by atoms with Crippen molar-refractivity contribution in [3.8, 4) is 0 Å². The van der Waals surface area contributed by atoms with Crippen molar-refractivity contribution < 1.29 is 4.74 Å². The van der Waals surface area contributed by atoms with Gasteiger partial charge in [0.15, 0.2) is 0 Å². The van der Waals surface area contributed by atoms with Crippen LogP contribution in [0.1, 0.15) is 13.3 Å². The molecule has 0 aromatic rings. The van der Waals surface area contributed by atoms with Gasteiger partial charge in [0.2, 0.25) is 0 Å². The summed E-state index contributed by atoms with van der Waals surface area (Å²) in [6, 6.07) is 0. The van der Waals surface area contributed by atoms with E-state index in [9.17, 15) is 0 Å². The molecule has 1 atom stereocenters.